The first-order valence-electron chi connectivity index (χ1n) is 7.45. The highest BCUT2D eigenvalue weighted by Gasteiger charge is 2.47. The first kappa shape index (κ1) is 11.1. The molecule has 1 heteroatoms. The highest BCUT2D eigenvalue weighted by molar-refractivity contribution is 5.01. The van der Waals surface area contributed by atoms with Crippen LogP contribution < -0.4 is 5.32 Å². The van der Waals surface area contributed by atoms with Gasteiger partial charge < -0.3 is 5.32 Å². The summed E-state index contributed by atoms with van der Waals surface area (Å²) in [5.41, 5.74) is 0. The molecule has 0 radical (unpaired) electrons. The molecule has 0 aromatic carbocycles. The molecule has 0 aliphatic heterocycles. The first-order valence-corrected chi connectivity index (χ1v) is 7.45. The highest BCUT2D eigenvalue weighted by atomic mass is 14.9. The standard InChI is InChI=1S/C15H27N/c1-10(2)3-4-16-15-13-6-11-5-12(8-13)9-14(15)7-11/h10-16H,3-9H2,1-2H3. The molecule has 4 rings (SSSR count). The molecular formula is C15H27N. The van der Waals surface area contributed by atoms with Crippen LogP contribution in [0.25, 0.3) is 0 Å². The van der Waals surface area contributed by atoms with E-state index in [4.69, 9.17) is 0 Å². The van der Waals surface area contributed by atoms with E-state index >= 15 is 0 Å². The van der Waals surface area contributed by atoms with E-state index in [-0.39, 0.29) is 0 Å². The van der Waals surface area contributed by atoms with E-state index in [1.807, 2.05) is 0 Å². The Morgan fingerprint density at radius 3 is 2.00 bits per heavy atom. The smallest absolute Gasteiger partial charge is 0.0124 e. The normalized spacial score (nSPS) is 45.6. The maximum atomic E-state index is 3.90. The maximum absolute atomic E-state index is 3.90. The number of nitrogens with one attached hydrogen (secondary N) is 1. The Morgan fingerprint density at radius 1 is 0.938 bits per heavy atom. The van der Waals surface area contributed by atoms with Crippen molar-refractivity contribution in [3.8, 4) is 0 Å². The summed E-state index contributed by atoms with van der Waals surface area (Å²) in [6.07, 6.45) is 9.12. The Hall–Kier alpha value is -0.0400. The Morgan fingerprint density at radius 2 is 1.50 bits per heavy atom. The monoisotopic (exact) mass is 221 g/mol. The molecule has 0 aromatic rings. The molecule has 0 aromatic heterocycles. The van der Waals surface area contributed by atoms with E-state index in [0.717, 1.165) is 35.6 Å². The molecule has 16 heavy (non-hydrogen) atoms. The Kier molecular flexibility index (Phi) is 2.99. The van der Waals surface area contributed by atoms with Crippen molar-refractivity contribution in [2.24, 2.45) is 29.6 Å². The van der Waals surface area contributed by atoms with Crippen molar-refractivity contribution in [1.82, 2.24) is 5.32 Å². The van der Waals surface area contributed by atoms with Crippen LogP contribution in [0.2, 0.25) is 0 Å². The Bertz CT molecular complexity index is 218. The van der Waals surface area contributed by atoms with Gasteiger partial charge >= 0.3 is 0 Å². The minimum absolute atomic E-state index is 0.851. The van der Waals surface area contributed by atoms with Gasteiger partial charge in [0.05, 0.1) is 0 Å². The number of hydrogen-bond donors (Lipinski definition) is 1. The second-order valence-corrected chi connectivity index (χ2v) is 7.09. The summed E-state index contributed by atoms with van der Waals surface area (Å²) in [5, 5.41) is 3.90. The maximum Gasteiger partial charge on any atom is 0.0124 e. The second kappa shape index (κ2) is 4.33. The molecule has 4 bridgehead atoms. The first-order chi connectivity index (χ1) is 7.72. The number of hydrogen-bond acceptors (Lipinski definition) is 1. The fraction of sp³-hybridized carbons (Fsp3) is 1.00. The predicted octanol–water partition coefficient (Wildman–Crippen LogP) is 3.45. The molecule has 4 saturated carbocycles. The average molecular weight is 221 g/mol. The lowest BCUT2D eigenvalue weighted by atomic mass is 9.54. The zero-order valence-electron chi connectivity index (χ0n) is 10.9. The minimum atomic E-state index is 0.851. The van der Waals surface area contributed by atoms with Crippen molar-refractivity contribution in [3.63, 3.8) is 0 Å². The van der Waals surface area contributed by atoms with Gasteiger partial charge in [0.15, 0.2) is 0 Å². The van der Waals surface area contributed by atoms with E-state index in [1.54, 1.807) is 32.1 Å². The summed E-state index contributed by atoms with van der Waals surface area (Å²) in [6, 6.07) is 0.895. The lowest BCUT2D eigenvalue weighted by Gasteiger charge is -2.54. The van der Waals surface area contributed by atoms with E-state index in [9.17, 15) is 0 Å². The summed E-state index contributed by atoms with van der Waals surface area (Å²) < 4.78 is 0. The van der Waals surface area contributed by atoms with Gasteiger partial charge in [-0.2, -0.15) is 0 Å². The minimum Gasteiger partial charge on any atom is -0.313 e. The molecule has 0 spiro atoms. The van der Waals surface area contributed by atoms with Crippen molar-refractivity contribution in [2.75, 3.05) is 6.54 Å². The Balaban J connectivity index is 1.55. The molecule has 92 valence electrons. The van der Waals surface area contributed by atoms with Gasteiger partial charge in [-0.3, -0.25) is 0 Å². The quantitative estimate of drug-likeness (QED) is 0.767. The molecule has 1 nitrogen and oxygen atoms in total. The van der Waals surface area contributed by atoms with Crippen LogP contribution in [-0.4, -0.2) is 12.6 Å². The summed E-state index contributed by atoms with van der Waals surface area (Å²) in [7, 11) is 0. The predicted molar refractivity (Wildman–Crippen MR) is 68.3 cm³/mol. The Labute approximate surface area is 100 Å². The van der Waals surface area contributed by atoms with Crippen LogP contribution in [0, 0.1) is 29.6 Å². The molecule has 4 aliphatic rings. The van der Waals surface area contributed by atoms with Crippen molar-refractivity contribution in [2.45, 2.75) is 58.4 Å². The van der Waals surface area contributed by atoms with Crippen LogP contribution in [0.1, 0.15) is 52.4 Å². The average Bonchev–Trinajstić information content (AvgIpc) is 2.20. The summed E-state index contributed by atoms with van der Waals surface area (Å²) in [5.74, 6) is 5.17. The van der Waals surface area contributed by atoms with Crippen LogP contribution in [-0.2, 0) is 0 Å². The molecule has 4 fully saturated rings. The lowest BCUT2D eigenvalue weighted by molar-refractivity contribution is -0.0138. The lowest BCUT2D eigenvalue weighted by Crippen LogP contribution is -2.54. The third kappa shape index (κ3) is 2.03. The van der Waals surface area contributed by atoms with Gasteiger partial charge in [-0.05, 0) is 74.7 Å². The van der Waals surface area contributed by atoms with Crippen molar-refractivity contribution in [1.29, 1.82) is 0 Å². The van der Waals surface area contributed by atoms with Gasteiger partial charge in [0.2, 0.25) is 0 Å². The van der Waals surface area contributed by atoms with Gasteiger partial charge in [0.1, 0.15) is 0 Å². The highest BCUT2D eigenvalue weighted by Crippen LogP contribution is 2.53. The fourth-order valence-electron chi connectivity index (χ4n) is 4.80. The molecule has 0 amide bonds. The van der Waals surface area contributed by atoms with Crippen LogP contribution >= 0.6 is 0 Å². The third-order valence-corrected chi connectivity index (χ3v) is 5.33. The summed E-state index contributed by atoms with van der Waals surface area (Å²) in [4.78, 5) is 0. The van der Waals surface area contributed by atoms with Gasteiger partial charge in [-0.25, -0.2) is 0 Å². The van der Waals surface area contributed by atoms with Gasteiger partial charge in [0, 0.05) is 6.04 Å². The third-order valence-electron chi connectivity index (χ3n) is 5.33. The zero-order chi connectivity index (χ0) is 11.1. The van der Waals surface area contributed by atoms with Gasteiger partial charge in [0.25, 0.3) is 0 Å². The molecular weight excluding hydrogens is 194 g/mol. The molecule has 0 unspecified atom stereocenters. The van der Waals surface area contributed by atoms with E-state index in [1.165, 1.54) is 13.0 Å². The summed E-state index contributed by atoms with van der Waals surface area (Å²) >= 11 is 0. The van der Waals surface area contributed by atoms with Crippen LogP contribution in [0.15, 0.2) is 0 Å². The molecule has 4 aliphatic carbocycles. The van der Waals surface area contributed by atoms with Gasteiger partial charge in [-0.1, -0.05) is 13.8 Å². The SMILES string of the molecule is CC(C)CCNC1C2CC3CC(C2)CC1C3. The van der Waals surface area contributed by atoms with Crippen molar-refractivity contribution < 1.29 is 0 Å². The largest absolute Gasteiger partial charge is 0.313 e. The zero-order valence-corrected chi connectivity index (χ0v) is 10.9. The van der Waals surface area contributed by atoms with Crippen molar-refractivity contribution in [3.05, 3.63) is 0 Å². The van der Waals surface area contributed by atoms with E-state index in [0.29, 0.717) is 0 Å². The topological polar surface area (TPSA) is 12.0 Å². The summed E-state index contributed by atoms with van der Waals surface area (Å²) in [6.45, 7) is 5.92. The molecule has 1 N–H and O–H groups in total. The second-order valence-electron chi connectivity index (χ2n) is 7.09. The van der Waals surface area contributed by atoms with Crippen LogP contribution in [0.3, 0.4) is 0 Å². The molecule has 0 atom stereocenters. The van der Waals surface area contributed by atoms with Crippen LogP contribution in [0.4, 0.5) is 0 Å². The molecule has 0 heterocycles. The van der Waals surface area contributed by atoms with E-state index in [2.05, 4.69) is 19.2 Å². The van der Waals surface area contributed by atoms with Crippen molar-refractivity contribution >= 4 is 0 Å². The molecule has 0 saturated heterocycles. The fourth-order valence-corrected chi connectivity index (χ4v) is 4.80. The van der Waals surface area contributed by atoms with Gasteiger partial charge in [-0.15, -0.1) is 0 Å². The van der Waals surface area contributed by atoms with Crippen LogP contribution in [0.5, 0.6) is 0 Å². The van der Waals surface area contributed by atoms with E-state index < -0.39 is 0 Å². The number of rotatable bonds is 4.